The number of hydrogen-bond donors (Lipinski definition) is 1. The number of nitrogens with zero attached hydrogens (tertiary/aromatic N) is 5. The van der Waals surface area contributed by atoms with Gasteiger partial charge in [0.05, 0.1) is 31.3 Å². The number of carbonyl (C=O) groups excluding carboxylic acids is 1. The molecule has 3 heterocycles. The molecule has 2 N–H and O–H groups in total. The highest BCUT2D eigenvalue weighted by Gasteiger charge is 2.38. The fraction of sp³-hybridized carbons (Fsp3) is 0.478. The van der Waals surface area contributed by atoms with E-state index in [4.69, 9.17) is 31.9 Å². The maximum atomic E-state index is 11.9. The zero-order valence-corrected chi connectivity index (χ0v) is 20.5. The molecule has 33 heavy (non-hydrogen) atoms. The molecule has 1 fully saturated rings. The minimum Gasteiger partial charge on any atom is -0.496 e. The lowest BCUT2D eigenvalue weighted by Gasteiger charge is -2.43. The van der Waals surface area contributed by atoms with Crippen LogP contribution in [0.3, 0.4) is 0 Å². The first-order valence-electron chi connectivity index (χ1n) is 10.8. The molecule has 0 saturated carbocycles. The molecule has 3 aromatic rings. The molecule has 0 bridgehead atoms. The third-order valence-electron chi connectivity index (χ3n) is 6.67. The van der Waals surface area contributed by atoms with Crippen LogP contribution in [-0.2, 0) is 9.53 Å². The van der Waals surface area contributed by atoms with Crippen molar-refractivity contribution in [3.05, 3.63) is 39.8 Å². The van der Waals surface area contributed by atoms with Crippen LogP contribution in [0.15, 0.2) is 12.4 Å². The molecule has 1 aliphatic rings. The number of ether oxygens (including phenoxy) is 2. The predicted molar refractivity (Wildman–Crippen MR) is 127 cm³/mol. The van der Waals surface area contributed by atoms with E-state index in [0.717, 1.165) is 46.6 Å². The molecule has 0 radical (unpaired) electrons. The summed E-state index contributed by atoms with van der Waals surface area (Å²) in [4.78, 5) is 22.5. The van der Waals surface area contributed by atoms with Crippen molar-refractivity contribution in [2.24, 2.45) is 0 Å². The summed E-state index contributed by atoms with van der Waals surface area (Å²) in [5, 5.41) is 6.11. The molecule has 1 unspecified atom stereocenters. The topological polar surface area (TPSA) is 108 Å². The second-order valence-electron chi connectivity index (χ2n) is 8.53. The summed E-state index contributed by atoms with van der Waals surface area (Å²) in [6, 6.07) is 1.43. The summed E-state index contributed by atoms with van der Waals surface area (Å²) < 4.78 is 12.7. The number of fused-ring (bicyclic) bond motifs is 1. The van der Waals surface area contributed by atoms with Gasteiger partial charge in [0.1, 0.15) is 23.9 Å². The highest BCUT2D eigenvalue weighted by atomic mass is 35.5. The molecule has 2 atom stereocenters. The van der Waals surface area contributed by atoms with Crippen LogP contribution in [0.1, 0.15) is 48.2 Å². The lowest BCUT2D eigenvalue weighted by atomic mass is 9.84. The first-order chi connectivity index (χ1) is 15.7. The Balaban J connectivity index is 1.75. The summed E-state index contributed by atoms with van der Waals surface area (Å²) in [6.07, 6.45) is 1.44. The molecule has 4 rings (SSSR count). The second-order valence-corrected chi connectivity index (χ2v) is 8.94. The summed E-state index contributed by atoms with van der Waals surface area (Å²) in [7, 11) is 3.08. The zero-order valence-electron chi connectivity index (χ0n) is 19.7. The third-order valence-corrected chi connectivity index (χ3v) is 7.07. The highest BCUT2D eigenvalue weighted by Crippen LogP contribution is 2.44. The van der Waals surface area contributed by atoms with Gasteiger partial charge in [-0.3, -0.25) is 9.69 Å². The van der Waals surface area contributed by atoms with E-state index < -0.39 is 0 Å². The van der Waals surface area contributed by atoms with Crippen molar-refractivity contribution in [2.45, 2.75) is 45.7 Å². The van der Waals surface area contributed by atoms with Crippen molar-refractivity contribution in [2.75, 3.05) is 33.0 Å². The quantitative estimate of drug-likeness (QED) is 0.544. The Labute approximate surface area is 197 Å². The van der Waals surface area contributed by atoms with Crippen LogP contribution in [0, 0.1) is 13.8 Å². The van der Waals surface area contributed by atoms with Crippen molar-refractivity contribution >= 4 is 34.4 Å². The molecule has 1 aromatic carbocycles. The van der Waals surface area contributed by atoms with Gasteiger partial charge in [-0.15, -0.1) is 0 Å². The highest BCUT2D eigenvalue weighted by molar-refractivity contribution is 6.31. The molecule has 10 heteroatoms. The monoisotopic (exact) mass is 472 g/mol. The summed E-state index contributed by atoms with van der Waals surface area (Å²) in [5.41, 5.74) is 10.4. The lowest BCUT2D eigenvalue weighted by Crippen LogP contribution is -2.53. The fourth-order valence-corrected chi connectivity index (χ4v) is 4.92. The van der Waals surface area contributed by atoms with Crippen molar-refractivity contribution in [1.29, 1.82) is 0 Å². The number of nitrogens with two attached hydrogens (primary N) is 1. The first-order valence-corrected chi connectivity index (χ1v) is 11.2. The Morgan fingerprint density at radius 1 is 1.24 bits per heavy atom. The average molecular weight is 473 g/mol. The van der Waals surface area contributed by atoms with E-state index in [-0.39, 0.29) is 24.0 Å². The Kier molecular flexibility index (Phi) is 6.20. The maximum Gasteiger partial charge on any atom is 0.322 e. The lowest BCUT2D eigenvalue weighted by molar-refractivity contribution is -0.148. The van der Waals surface area contributed by atoms with Crippen LogP contribution >= 0.6 is 11.6 Å². The van der Waals surface area contributed by atoms with Gasteiger partial charge in [-0.2, -0.15) is 5.10 Å². The normalized spacial score (nSPS) is 16.5. The molecule has 1 saturated heterocycles. The minimum atomic E-state index is -0.293. The van der Waals surface area contributed by atoms with Crippen LogP contribution in [-0.4, -0.2) is 64.0 Å². The zero-order chi connectivity index (χ0) is 24.0. The Morgan fingerprint density at radius 2 is 1.94 bits per heavy atom. The van der Waals surface area contributed by atoms with Crippen LogP contribution in [0.25, 0.3) is 11.0 Å². The van der Waals surface area contributed by atoms with Crippen molar-refractivity contribution in [3.8, 4) is 5.75 Å². The van der Waals surface area contributed by atoms with E-state index in [2.05, 4.69) is 14.9 Å². The van der Waals surface area contributed by atoms with Gasteiger partial charge in [0, 0.05) is 35.2 Å². The largest absolute Gasteiger partial charge is 0.496 e. The van der Waals surface area contributed by atoms with E-state index in [1.807, 2.05) is 38.4 Å². The van der Waals surface area contributed by atoms with Gasteiger partial charge in [-0.05, 0) is 39.3 Å². The second kappa shape index (κ2) is 8.79. The molecule has 1 aliphatic heterocycles. The average Bonchev–Trinajstić information content (AvgIpc) is 3.11. The number of aryl methyl sites for hydroxylation is 1. The van der Waals surface area contributed by atoms with E-state index in [1.165, 1.54) is 13.4 Å². The van der Waals surface area contributed by atoms with Crippen LogP contribution in [0.5, 0.6) is 5.75 Å². The summed E-state index contributed by atoms with van der Waals surface area (Å²) >= 11 is 6.71. The van der Waals surface area contributed by atoms with Gasteiger partial charge in [-0.25, -0.2) is 14.6 Å². The van der Waals surface area contributed by atoms with E-state index in [0.29, 0.717) is 16.5 Å². The number of anilines is 1. The number of carbonyl (C=O) groups is 1. The Morgan fingerprint density at radius 3 is 2.58 bits per heavy atom. The van der Waals surface area contributed by atoms with Gasteiger partial charge in [0.15, 0.2) is 5.65 Å². The van der Waals surface area contributed by atoms with Crippen molar-refractivity contribution in [1.82, 2.24) is 24.6 Å². The number of nitrogen functional groups attached to an aromatic ring is 1. The summed E-state index contributed by atoms with van der Waals surface area (Å²) in [6.45, 7) is 9.22. The number of hydrogen-bond acceptors (Lipinski definition) is 8. The smallest absolute Gasteiger partial charge is 0.322 e. The van der Waals surface area contributed by atoms with Gasteiger partial charge in [0.2, 0.25) is 0 Å². The summed E-state index contributed by atoms with van der Waals surface area (Å²) in [5.74, 6) is 1.13. The number of aromatic nitrogens is 4. The SMILES string of the molecule is COC(=O)[C@@H](C)N1CC(c2c(C)c(Cl)cc(C(C)n3nc(C)c4c(N)ncnc43)c2OC)C1. The molecular weight excluding hydrogens is 444 g/mol. The van der Waals surface area contributed by atoms with Gasteiger partial charge in [-0.1, -0.05) is 11.6 Å². The number of halogens is 1. The minimum absolute atomic E-state index is 0.186. The number of likely N-dealkylation sites (tertiary alicyclic amines) is 1. The molecular formula is C23H29ClN6O3. The number of esters is 1. The molecule has 9 nitrogen and oxygen atoms in total. The molecule has 0 spiro atoms. The van der Waals surface area contributed by atoms with Crippen molar-refractivity contribution < 1.29 is 14.3 Å². The van der Waals surface area contributed by atoms with E-state index in [9.17, 15) is 4.79 Å². The first kappa shape index (κ1) is 23.3. The standard InChI is InChI=1S/C23H29ClN6O3/c1-11-17(24)7-16(13(3)30-22-19(12(2)28-30)21(25)26-10-27-22)20(32-5)18(11)15-8-29(9-15)14(4)23(31)33-6/h7,10,13-15H,8-9H2,1-6H3,(H2,25,26,27)/t13?,14-/m1/s1. The van der Waals surface area contributed by atoms with Gasteiger partial charge in [0.25, 0.3) is 0 Å². The van der Waals surface area contributed by atoms with E-state index >= 15 is 0 Å². The molecule has 2 aromatic heterocycles. The molecule has 0 aliphatic carbocycles. The third kappa shape index (κ3) is 3.79. The maximum absolute atomic E-state index is 11.9. The number of rotatable bonds is 6. The van der Waals surface area contributed by atoms with Crippen LogP contribution < -0.4 is 10.5 Å². The van der Waals surface area contributed by atoms with Crippen molar-refractivity contribution in [3.63, 3.8) is 0 Å². The number of benzene rings is 1. The Bertz CT molecular complexity index is 1220. The number of methoxy groups -OCH3 is 2. The van der Waals surface area contributed by atoms with Crippen LogP contribution in [0.2, 0.25) is 5.02 Å². The fourth-order valence-electron chi connectivity index (χ4n) is 4.70. The van der Waals surface area contributed by atoms with Gasteiger partial charge < -0.3 is 15.2 Å². The molecule has 176 valence electrons. The predicted octanol–water partition coefficient (Wildman–Crippen LogP) is 3.26. The molecule has 0 amide bonds. The Hall–Kier alpha value is -2.91. The van der Waals surface area contributed by atoms with Crippen LogP contribution in [0.4, 0.5) is 5.82 Å². The van der Waals surface area contributed by atoms with Gasteiger partial charge >= 0.3 is 5.97 Å². The van der Waals surface area contributed by atoms with E-state index in [1.54, 1.807) is 7.11 Å².